The van der Waals surface area contributed by atoms with Gasteiger partial charge < -0.3 is 21.5 Å². The van der Waals surface area contributed by atoms with Crippen LogP contribution in [0, 0.1) is 0 Å². The van der Waals surface area contributed by atoms with E-state index in [2.05, 4.69) is 10.6 Å². The molecule has 1 aliphatic heterocycles. The van der Waals surface area contributed by atoms with E-state index in [1.54, 1.807) is 0 Å². The van der Waals surface area contributed by atoms with E-state index in [0.717, 1.165) is 0 Å². The predicted octanol–water partition coefficient (Wildman–Crippen LogP) is -1.82. The Hall–Kier alpha value is -1.63. The van der Waals surface area contributed by atoms with Crippen molar-refractivity contribution in [2.45, 2.75) is 31.3 Å². The third-order valence-electron chi connectivity index (χ3n) is 2.33. The molecule has 7 heteroatoms. The van der Waals surface area contributed by atoms with Crippen LogP contribution >= 0.6 is 0 Å². The Morgan fingerprint density at radius 2 is 2.31 bits per heavy atom. The van der Waals surface area contributed by atoms with Gasteiger partial charge in [0, 0.05) is 19.4 Å². The topological polar surface area (TPSA) is 122 Å². The van der Waals surface area contributed by atoms with Crippen LogP contribution in [0.2, 0.25) is 0 Å². The lowest BCUT2D eigenvalue weighted by atomic mass is 10.1. The van der Waals surface area contributed by atoms with Gasteiger partial charge in [-0.2, -0.15) is 0 Å². The first kappa shape index (κ1) is 12.4. The van der Waals surface area contributed by atoms with E-state index >= 15 is 0 Å². The maximum absolute atomic E-state index is 11.5. The molecule has 1 aliphatic rings. The number of carboxylic acids is 1. The summed E-state index contributed by atoms with van der Waals surface area (Å²) in [6.07, 6.45) is 0.198. The number of aliphatic carboxylic acids is 1. The lowest BCUT2D eigenvalue weighted by Gasteiger charge is -2.14. The zero-order valence-corrected chi connectivity index (χ0v) is 8.73. The van der Waals surface area contributed by atoms with Gasteiger partial charge in [-0.05, 0) is 6.42 Å². The molecule has 0 aromatic rings. The van der Waals surface area contributed by atoms with Gasteiger partial charge in [-0.1, -0.05) is 0 Å². The van der Waals surface area contributed by atoms with Crippen molar-refractivity contribution in [1.82, 2.24) is 10.6 Å². The van der Waals surface area contributed by atoms with Crippen LogP contribution in [-0.4, -0.2) is 41.5 Å². The molecule has 0 bridgehead atoms. The van der Waals surface area contributed by atoms with Crippen molar-refractivity contribution >= 4 is 17.8 Å². The van der Waals surface area contributed by atoms with E-state index in [9.17, 15) is 14.4 Å². The van der Waals surface area contributed by atoms with Crippen LogP contribution in [-0.2, 0) is 14.4 Å². The number of hydrogen-bond acceptors (Lipinski definition) is 4. The average Bonchev–Trinajstić information content (AvgIpc) is 2.60. The van der Waals surface area contributed by atoms with E-state index in [-0.39, 0.29) is 31.2 Å². The van der Waals surface area contributed by atoms with E-state index in [1.807, 2.05) is 0 Å². The quantitative estimate of drug-likeness (QED) is 0.442. The van der Waals surface area contributed by atoms with Crippen LogP contribution in [0.15, 0.2) is 0 Å². The minimum absolute atomic E-state index is 0.0925. The second-order valence-corrected chi connectivity index (χ2v) is 3.75. The number of rotatable bonds is 5. The molecule has 16 heavy (non-hydrogen) atoms. The van der Waals surface area contributed by atoms with Gasteiger partial charge in [-0.3, -0.25) is 14.4 Å². The maximum atomic E-state index is 11.5. The first-order chi connectivity index (χ1) is 7.49. The lowest BCUT2D eigenvalue weighted by Crippen LogP contribution is -2.46. The highest BCUT2D eigenvalue weighted by molar-refractivity contribution is 5.85. The highest BCUT2D eigenvalue weighted by Crippen LogP contribution is 2.01. The summed E-state index contributed by atoms with van der Waals surface area (Å²) in [5.74, 6) is -1.51. The molecule has 2 amide bonds. The number of nitrogens with two attached hydrogens (primary N) is 1. The van der Waals surface area contributed by atoms with Gasteiger partial charge in [-0.15, -0.1) is 0 Å². The molecule has 0 aromatic heterocycles. The minimum Gasteiger partial charge on any atom is -0.481 e. The minimum atomic E-state index is -0.985. The standard InChI is InChI=1S/C9H15N3O4/c10-6(1-2-8(14)15)9(16)12-5-3-7(13)11-4-5/h5-6H,1-4,10H2,(H,11,13)(H,12,16)(H,14,15). The predicted molar refractivity (Wildman–Crippen MR) is 54.4 cm³/mol. The van der Waals surface area contributed by atoms with E-state index in [1.165, 1.54) is 0 Å². The van der Waals surface area contributed by atoms with Crippen LogP contribution in [0.25, 0.3) is 0 Å². The molecule has 1 rings (SSSR count). The summed E-state index contributed by atoms with van der Waals surface area (Å²) >= 11 is 0. The van der Waals surface area contributed by atoms with E-state index < -0.39 is 17.9 Å². The van der Waals surface area contributed by atoms with Crippen LogP contribution in [0.4, 0.5) is 0 Å². The largest absolute Gasteiger partial charge is 0.481 e. The van der Waals surface area contributed by atoms with Crippen molar-refractivity contribution < 1.29 is 19.5 Å². The molecule has 7 nitrogen and oxygen atoms in total. The normalized spacial score (nSPS) is 21.3. The number of hydrogen-bond donors (Lipinski definition) is 4. The summed E-state index contributed by atoms with van der Waals surface area (Å²) in [5.41, 5.74) is 5.50. The van der Waals surface area contributed by atoms with Gasteiger partial charge in [0.25, 0.3) is 0 Å². The van der Waals surface area contributed by atoms with Gasteiger partial charge in [0.2, 0.25) is 11.8 Å². The molecular weight excluding hydrogens is 214 g/mol. The monoisotopic (exact) mass is 229 g/mol. The number of nitrogens with one attached hydrogen (secondary N) is 2. The van der Waals surface area contributed by atoms with E-state index in [0.29, 0.717) is 6.54 Å². The second-order valence-electron chi connectivity index (χ2n) is 3.75. The summed E-state index contributed by atoms with van der Waals surface area (Å²) in [6.45, 7) is 0.399. The van der Waals surface area contributed by atoms with Crippen LogP contribution < -0.4 is 16.4 Å². The third-order valence-corrected chi connectivity index (χ3v) is 2.33. The van der Waals surface area contributed by atoms with Crippen molar-refractivity contribution in [3.8, 4) is 0 Å². The van der Waals surface area contributed by atoms with Crippen molar-refractivity contribution in [3.05, 3.63) is 0 Å². The highest BCUT2D eigenvalue weighted by Gasteiger charge is 2.25. The molecule has 0 aromatic carbocycles. The Bertz CT molecular complexity index is 305. The second kappa shape index (κ2) is 5.45. The van der Waals surface area contributed by atoms with Crippen LogP contribution in [0.3, 0.4) is 0 Å². The molecule has 0 radical (unpaired) electrons. The molecular formula is C9H15N3O4. The smallest absolute Gasteiger partial charge is 0.303 e. The van der Waals surface area contributed by atoms with Crippen molar-refractivity contribution in [1.29, 1.82) is 0 Å². The van der Waals surface area contributed by atoms with Crippen molar-refractivity contribution in [2.24, 2.45) is 5.73 Å². The summed E-state index contributed by atoms with van der Waals surface area (Å²) < 4.78 is 0. The Morgan fingerprint density at radius 1 is 1.62 bits per heavy atom. The fourth-order valence-corrected chi connectivity index (χ4v) is 1.43. The van der Waals surface area contributed by atoms with E-state index in [4.69, 9.17) is 10.8 Å². The van der Waals surface area contributed by atoms with Gasteiger partial charge >= 0.3 is 5.97 Å². The van der Waals surface area contributed by atoms with Gasteiger partial charge in [0.15, 0.2) is 0 Å². The Morgan fingerprint density at radius 3 is 2.81 bits per heavy atom. The number of amides is 2. The molecule has 1 fully saturated rings. The summed E-state index contributed by atoms with van der Waals surface area (Å²) in [4.78, 5) is 32.6. The highest BCUT2D eigenvalue weighted by atomic mass is 16.4. The zero-order chi connectivity index (χ0) is 12.1. The Labute approximate surface area is 92.4 Å². The maximum Gasteiger partial charge on any atom is 0.303 e. The zero-order valence-electron chi connectivity index (χ0n) is 8.73. The van der Waals surface area contributed by atoms with Crippen molar-refractivity contribution in [3.63, 3.8) is 0 Å². The molecule has 90 valence electrons. The van der Waals surface area contributed by atoms with Gasteiger partial charge in [-0.25, -0.2) is 0 Å². The Kier molecular flexibility index (Phi) is 4.24. The van der Waals surface area contributed by atoms with Gasteiger partial charge in [0.05, 0.1) is 12.1 Å². The molecule has 2 unspecified atom stereocenters. The van der Waals surface area contributed by atoms with Gasteiger partial charge in [0.1, 0.15) is 0 Å². The summed E-state index contributed by atoms with van der Waals surface area (Å²) in [5, 5.41) is 13.6. The number of carbonyl (C=O) groups is 3. The van der Waals surface area contributed by atoms with Crippen LogP contribution in [0.5, 0.6) is 0 Å². The third kappa shape index (κ3) is 3.85. The van der Waals surface area contributed by atoms with Crippen LogP contribution in [0.1, 0.15) is 19.3 Å². The fraction of sp³-hybridized carbons (Fsp3) is 0.667. The Balaban J connectivity index is 2.28. The summed E-state index contributed by atoms with van der Waals surface area (Å²) in [7, 11) is 0. The number of carboxylic acid groups (broad SMARTS) is 1. The molecule has 0 spiro atoms. The molecule has 2 atom stereocenters. The first-order valence-electron chi connectivity index (χ1n) is 5.03. The van der Waals surface area contributed by atoms with Crippen molar-refractivity contribution in [2.75, 3.05) is 6.54 Å². The molecule has 0 aliphatic carbocycles. The molecule has 0 saturated carbocycles. The average molecular weight is 229 g/mol. The summed E-state index contributed by atoms with van der Waals surface area (Å²) in [6, 6.07) is -1.08. The fourth-order valence-electron chi connectivity index (χ4n) is 1.43. The molecule has 1 heterocycles. The SMILES string of the molecule is NC(CCC(=O)O)C(=O)NC1CNC(=O)C1. The first-order valence-corrected chi connectivity index (χ1v) is 5.03. The molecule has 1 saturated heterocycles. The lowest BCUT2D eigenvalue weighted by molar-refractivity contribution is -0.137. The number of carbonyl (C=O) groups excluding carboxylic acids is 2. The molecule has 5 N–H and O–H groups in total.